The monoisotopic (exact) mass is 352 g/mol. The van der Waals surface area contributed by atoms with Crippen LogP contribution in [0.15, 0.2) is 54.6 Å². The van der Waals surface area contributed by atoms with Gasteiger partial charge in [-0.3, -0.25) is 9.59 Å². The molecule has 2 aromatic carbocycles. The Balaban J connectivity index is 1.79. The van der Waals surface area contributed by atoms with Gasteiger partial charge < -0.3 is 14.9 Å². The molecule has 5 nitrogen and oxygen atoms in total. The molecule has 2 aromatic rings. The zero-order valence-electron chi connectivity index (χ0n) is 15.1. The van der Waals surface area contributed by atoms with Crippen molar-refractivity contribution in [2.24, 2.45) is 0 Å². The summed E-state index contributed by atoms with van der Waals surface area (Å²) in [6, 6.07) is 17.5. The van der Waals surface area contributed by atoms with E-state index in [0.29, 0.717) is 13.0 Å². The summed E-state index contributed by atoms with van der Waals surface area (Å²) >= 11 is 0. The van der Waals surface area contributed by atoms with E-state index < -0.39 is 12.1 Å². The van der Waals surface area contributed by atoms with Crippen LogP contribution in [0.1, 0.15) is 18.9 Å². The van der Waals surface area contributed by atoms with Crippen molar-refractivity contribution in [3.8, 4) is 11.1 Å². The first-order valence-corrected chi connectivity index (χ1v) is 8.81. The van der Waals surface area contributed by atoms with Crippen molar-refractivity contribution in [2.45, 2.75) is 32.0 Å². The third kappa shape index (κ3) is 3.78. The summed E-state index contributed by atoms with van der Waals surface area (Å²) in [6.45, 7) is 2.10. The lowest BCUT2D eigenvalue weighted by molar-refractivity contribution is -0.142. The van der Waals surface area contributed by atoms with Crippen LogP contribution >= 0.6 is 0 Å². The lowest BCUT2D eigenvalue weighted by atomic mass is 9.99. The van der Waals surface area contributed by atoms with Gasteiger partial charge in [0.2, 0.25) is 11.8 Å². The Morgan fingerprint density at radius 1 is 1.12 bits per heavy atom. The second kappa shape index (κ2) is 7.70. The third-order valence-corrected chi connectivity index (χ3v) is 4.85. The maximum Gasteiger partial charge on any atom is 0.245 e. The molecule has 1 saturated heterocycles. The Morgan fingerprint density at radius 2 is 1.77 bits per heavy atom. The number of benzene rings is 2. The normalized spacial score (nSPS) is 19.4. The largest absolute Gasteiger partial charge is 0.391 e. The smallest absolute Gasteiger partial charge is 0.245 e. The van der Waals surface area contributed by atoms with Crippen molar-refractivity contribution in [3.05, 3.63) is 60.2 Å². The van der Waals surface area contributed by atoms with Crippen molar-refractivity contribution >= 4 is 11.8 Å². The van der Waals surface area contributed by atoms with Crippen LogP contribution in [-0.4, -0.2) is 52.5 Å². The number of β-amino-alcohol motifs (C(OH)–C–C–N with tert-alkyl or cyclic N) is 1. The first-order valence-electron chi connectivity index (χ1n) is 8.81. The van der Waals surface area contributed by atoms with Crippen LogP contribution in [0.25, 0.3) is 11.1 Å². The van der Waals surface area contributed by atoms with Crippen LogP contribution in [0, 0.1) is 0 Å². The molecule has 136 valence electrons. The summed E-state index contributed by atoms with van der Waals surface area (Å²) in [4.78, 5) is 27.8. The van der Waals surface area contributed by atoms with E-state index >= 15 is 0 Å². The van der Waals surface area contributed by atoms with Crippen LogP contribution in [0.2, 0.25) is 0 Å². The Labute approximate surface area is 153 Å². The molecule has 2 amide bonds. The molecule has 0 spiro atoms. The highest BCUT2D eigenvalue weighted by Crippen LogP contribution is 2.26. The first-order chi connectivity index (χ1) is 12.5. The van der Waals surface area contributed by atoms with E-state index in [1.54, 1.807) is 11.9 Å². The molecule has 1 heterocycles. The number of amides is 2. The second-order valence-electron chi connectivity index (χ2n) is 6.79. The Hall–Kier alpha value is -2.66. The molecule has 0 radical (unpaired) electrons. The maximum atomic E-state index is 12.9. The molecule has 1 aliphatic heterocycles. The van der Waals surface area contributed by atoms with E-state index in [0.717, 1.165) is 16.7 Å². The molecule has 3 rings (SSSR count). The number of likely N-dealkylation sites (N-methyl/N-ethyl adjacent to an activating group) is 1. The van der Waals surface area contributed by atoms with E-state index in [9.17, 15) is 14.7 Å². The van der Waals surface area contributed by atoms with E-state index in [2.05, 4.69) is 0 Å². The van der Waals surface area contributed by atoms with Gasteiger partial charge in [0.15, 0.2) is 0 Å². The number of aliphatic hydroxyl groups is 1. The number of hydrogen-bond acceptors (Lipinski definition) is 3. The maximum absolute atomic E-state index is 12.9. The molecule has 0 aliphatic carbocycles. The van der Waals surface area contributed by atoms with Gasteiger partial charge in [0.05, 0.1) is 6.10 Å². The molecule has 5 heteroatoms. The Morgan fingerprint density at radius 3 is 2.46 bits per heavy atom. The molecule has 1 aliphatic rings. The summed E-state index contributed by atoms with van der Waals surface area (Å²) in [7, 11) is 1.74. The van der Waals surface area contributed by atoms with Crippen molar-refractivity contribution in [1.82, 2.24) is 9.80 Å². The molecule has 0 bridgehead atoms. The molecule has 0 aromatic heterocycles. The van der Waals surface area contributed by atoms with E-state index in [1.165, 1.54) is 11.8 Å². The minimum Gasteiger partial charge on any atom is -0.391 e. The fourth-order valence-corrected chi connectivity index (χ4v) is 3.54. The molecular weight excluding hydrogens is 328 g/mol. The lowest BCUT2D eigenvalue weighted by Gasteiger charge is -2.27. The topological polar surface area (TPSA) is 60.9 Å². The average Bonchev–Trinajstić information content (AvgIpc) is 3.04. The summed E-state index contributed by atoms with van der Waals surface area (Å²) in [5.74, 6) is -0.322. The SMILES string of the molecule is CC(=O)N1C[C@H](O)C[C@@H]1C(=O)N(C)Cc1ccccc1-c1ccccc1. The van der Waals surface area contributed by atoms with Gasteiger partial charge in [-0.15, -0.1) is 0 Å². The van der Waals surface area contributed by atoms with Crippen LogP contribution in [-0.2, 0) is 16.1 Å². The summed E-state index contributed by atoms with van der Waals surface area (Å²) in [5, 5.41) is 9.87. The van der Waals surface area contributed by atoms with E-state index in [4.69, 9.17) is 0 Å². The highest BCUT2D eigenvalue weighted by Gasteiger charge is 2.38. The predicted octanol–water partition coefficient (Wildman–Crippen LogP) is 2.29. The number of aliphatic hydroxyl groups excluding tert-OH is 1. The van der Waals surface area contributed by atoms with E-state index in [1.807, 2.05) is 54.6 Å². The zero-order valence-corrected chi connectivity index (χ0v) is 15.1. The third-order valence-electron chi connectivity index (χ3n) is 4.85. The van der Waals surface area contributed by atoms with Crippen LogP contribution < -0.4 is 0 Å². The number of carbonyl (C=O) groups is 2. The highest BCUT2D eigenvalue weighted by atomic mass is 16.3. The molecule has 1 fully saturated rings. The minimum atomic E-state index is -0.641. The highest BCUT2D eigenvalue weighted by molar-refractivity contribution is 5.87. The fourth-order valence-electron chi connectivity index (χ4n) is 3.54. The second-order valence-corrected chi connectivity index (χ2v) is 6.79. The Bertz CT molecular complexity index is 791. The predicted molar refractivity (Wildman–Crippen MR) is 100 cm³/mol. The number of likely N-dealkylation sites (tertiary alicyclic amines) is 1. The Kier molecular flexibility index (Phi) is 5.38. The van der Waals surface area contributed by atoms with Gasteiger partial charge in [-0.25, -0.2) is 0 Å². The van der Waals surface area contributed by atoms with Gasteiger partial charge in [0.25, 0.3) is 0 Å². The number of nitrogens with zero attached hydrogens (tertiary/aromatic N) is 2. The van der Waals surface area contributed by atoms with Crippen molar-refractivity contribution in [1.29, 1.82) is 0 Å². The molecule has 1 N–H and O–H groups in total. The van der Waals surface area contributed by atoms with Crippen LogP contribution in [0.3, 0.4) is 0 Å². The van der Waals surface area contributed by atoms with Gasteiger partial charge in [-0.1, -0.05) is 54.6 Å². The summed E-state index contributed by atoms with van der Waals surface area (Å²) in [5.41, 5.74) is 3.23. The molecule has 0 unspecified atom stereocenters. The van der Waals surface area contributed by atoms with Crippen LogP contribution in [0.4, 0.5) is 0 Å². The summed E-state index contributed by atoms with van der Waals surface area (Å²) in [6.07, 6.45) is -0.346. The van der Waals surface area contributed by atoms with Gasteiger partial charge in [0.1, 0.15) is 6.04 Å². The summed E-state index contributed by atoms with van der Waals surface area (Å²) < 4.78 is 0. The van der Waals surface area contributed by atoms with Crippen LogP contribution in [0.5, 0.6) is 0 Å². The molecule has 2 atom stereocenters. The quantitative estimate of drug-likeness (QED) is 0.918. The average molecular weight is 352 g/mol. The standard InChI is InChI=1S/C21H24N2O3/c1-15(24)23-14-18(25)12-20(23)21(26)22(2)13-17-10-6-7-11-19(17)16-8-4-3-5-9-16/h3-11,18,20,25H,12-14H2,1-2H3/t18-,20-/m1/s1. The molecule has 26 heavy (non-hydrogen) atoms. The number of rotatable bonds is 4. The van der Waals surface area contributed by atoms with Crippen molar-refractivity contribution in [2.75, 3.05) is 13.6 Å². The zero-order chi connectivity index (χ0) is 18.7. The van der Waals surface area contributed by atoms with Crippen molar-refractivity contribution < 1.29 is 14.7 Å². The van der Waals surface area contributed by atoms with Gasteiger partial charge >= 0.3 is 0 Å². The minimum absolute atomic E-state index is 0.139. The fraction of sp³-hybridized carbons (Fsp3) is 0.333. The number of hydrogen-bond donors (Lipinski definition) is 1. The molecular formula is C21H24N2O3. The van der Waals surface area contributed by atoms with Gasteiger partial charge in [0, 0.05) is 33.5 Å². The number of carbonyl (C=O) groups excluding carboxylic acids is 2. The van der Waals surface area contributed by atoms with Gasteiger partial charge in [-0.2, -0.15) is 0 Å². The lowest BCUT2D eigenvalue weighted by Crippen LogP contribution is -2.45. The van der Waals surface area contributed by atoms with Crippen molar-refractivity contribution in [3.63, 3.8) is 0 Å². The van der Waals surface area contributed by atoms with E-state index in [-0.39, 0.29) is 18.4 Å². The van der Waals surface area contributed by atoms with Gasteiger partial charge in [-0.05, 0) is 16.7 Å². The first kappa shape index (κ1) is 18.1. The molecule has 0 saturated carbocycles.